The number of aliphatic hydroxyl groups excluding tert-OH is 3. The van der Waals surface area contributed by atoms with E-state index in [2.05, 4.69) is 19.2 Å². The van der Waals surface area contributed by atoms with Gasteiger partial charge in [-0.1, -0.05) is 231 Å². The van der Waals surface area contributed by atoms with Crippen LogP contribution in [-0.4, -0.2) is 46.1 Å². The van der Waals surface area contributed by atoms with Crippen molar-refractivity contribution < 1.29 is 20.1 Å². The minimum atomic E-state index is -1.09. The van der Waals surface area contributed by atoms with Crippen molar-refractivity contribution in [3.05, 3.63) is 12.2 Å². The first-order chi connectivity index (χ1) is 24.1. The molecule has 0 spiro atoms. The molecule has 5 nitrogen and oxygen atoms in total. The number of rotatable bonds is 40. The zero-order valence-corrected chi connectivity index (χ0v) is 33.1. The summed E-state index contributed by atoms with van der Waals surface area (Å²) in [6, 6.07) is -0.791. The molecule has 0 saturated carbocycles. The first-order valence-electron chi connectivity index (χ1n) is 22.0. The van der Waals surface area contributed by atoms with Gasteiger partial charge in [0.2, 0.25) is 5.91 Å². The molecule has 0 saturated heterocycles. The Morgan fingerprint density at radius 1 is 0.490 bits per heavy atom. The summed E-state index contributed by atoms with van der Waals surface area (Å²) >= 11 is 0. The lowest BCUT2D eigenvalue weighted by atomic mass is 10.0. The summed E-state index contributed by atoms with van der Waals surface area (Å²) in [5.74, 6) is -0.500. The Hall–Kier alpha value is -0.910. The van der Waals surface area contributed by atoms with Gasteiger partial charge in [-0.05, 0) is 19.3 Å². The summed E-state index contributed by atoms with van der Waals surface area (Å²) in [4.78, 5) is 12.4. The number of carbonyl (C=O) groups excluding carboxylic acids is 1. The molecule has 0 aromatic carbocycles. The number of unbranched alkanes of at least 4 members (excludes halogenated alkanes) is 32. The zero-order valence-electron chi connectivity index (χ0n) is 33.1. The minimum Gasteiger partial charge on any atom is -0.394 e. The van der Waals surface area contributed by atoms with Gasteiger partial charge in [0.1, 0.15) is 6.10 Å². The largest absolute Gasteiger partial charge is 0.394 e. The van der Waals surface area contributed by atoms with Crippen molar-refractivity contribution >= 4 is 5.91 Å². The molecule has 0 aliphatic carbocycles. The molecule has 0 radical (unpaired) electrons. The van der Waals surface area contributed by atoms with E-state index >= 15 is 0 Å². The monoisotopic (exact) mass is 694 g/mol. The highest BCUT2D eigenvalue weighted by molar-refractivity contribution is 5.80. The molecule has 1 amide bonds. The number of aliphatic hydroxyl groups is 3. The van der Waals surface area contributed by atoms with Crippen LogP contribution < -0.4 is 5.32 Å². The third kappa shape index (κ3) is 35.3. The van der Waals surface area contributed by atoms with Crippen molar-refractivity contribution in [1.29, 1.82) is 0 Å². The number of hydrogen-bond acceptors (Lipinski definition) is 4. The second kappa shape index (κ2) is 39.9. The van der Waals surface area contributed by atoms with E-state index in [4.69, 9.17) is 0 Å². The SMILES string of the molecule is CCCCCCCCCCCCC/C=C/C(O)C(CO)NC(=O)C(O)CCCCCCCCCCCCCCCCCCCCCCCC. The van der Waals surface area contributed by atoms with Crippen LogP contribution in [0.2, 0.25) is 0 Å². The Morgan fingerprint density at radius 2 is 0.796 bits per heavy atom. The molecule has 0 aliphatic rings. The van der Waals surface area contributed by atoms with E-state index in [9.17, 15) is 20.1 Å². The number of hydrogen-bond donors (Lipinski definition) is 4. The second-order valence-corrected chi connectivity index (χ2v) is 15.3. The fourth-order valence-corrected chi connectivity index (χ4v) is 6.89. The summed E-state index contributed by atoms with van der Waals surface area (Å²) in [5.41, 5.74) is 0. The van der Waals surface area contributed by atoms with Gasteiger partial charge in [0, 0.05) is 0 Å². The minimum absolute atomic E-state index is 0.359. The molecule has 0 aliphatic heterocycles. The topological polar surface area (TPSA) is 89.8 Å². The Balaban J connectivity index is 3.60. The molecular weight excluding hydrogens is 606 g/mol. The van der Waals surface area contributed by atoms with E-state index in [1.54, 1.807) is 6.08 Å². The van der Waals surface area contributed by atoms with Crippen molar-refractivity contribution in [2.24, 2.45) is 0 Å². The van der Waals surface area contributed by atoms with Crippen molar-refractivity contribution in [2.45, 2.75) is 257 Å². The average Bonchev–Trinajstić information content (AvgIpc) is 3.11. The Bertz CT molecular complexity index is 684. The molecule has 292 valence electrons. The van der Waals surface area contributed by atoms with E-state index in [0.717, 1.165) is 32.1 Å². The van der Waals surface area contributed by atoms with Gasteiger partial charge < -0.3 is 20.6 Å². The molecule has 0 heterocycles. The maximum absolute atomic E-state index is 12.4. The highest BCUT2D eigenvalue weighted by Crippen LogP contribution is 2.16. The van der Waals surface area contributed by atoms with E-state index < -0.39 is 24.2 Å². The zero-order chi connectivity index (χ0) is 35.9. The smallest absolute Gasteiger partial charge is 0.249 e. The molecule has 0 aromatic rings. The van der Waals surface area contributed by atoms with E-state index in [-0.39, 0.29) is 6.61 Å². The summed E-state index contributed by atoms with van der Waals surface area (Å²) in [6.45, 7) is 4.19. The molecule has 0 rings (SSSR count). The third-order valence-corrected chi connectivity index (χ3v) is 10.4. The number of nitrogens with one attached hydrogen (secondary N) is 1. The maximum atomic E-state index is 12.4. The maximum Gasteiger partial charge on any atom is 0.249 e. The quantitative estimate of drug-likeness (QED) is 0.0380. The average molecular weight is 694 g/mol. The van der Waals surface area contributed by atoms with Crippen LogP contribution in [0.25, 0.3) is 0 Å². The van der Waals surface area contributed by atoms with Crippen molar-refractivity contribution in [2.75, 3.05) is 6.61 Å². The van der Waals surface area contributed by atoms with E-state index in [1.165, 1.54) is 186 Å². The van der Waals surface area contributed by atoms with Crippen LogP contribution >= 0.6 is 0 Å². The van der Waals surface area contributed by atoms with Crippen molar-refractivity contribution in [3.8, 4) is 0 Å². The van der Waals surface area contributed by atoms with Crippen LogP contribution in [-0.2, 0) is 4.79 Å². The van der Waals surface area contributed by atoms with Gasteiger partial charge >= 0.3 is 0 Å². The van der Waals surface area contributed by atoms with Gasteiger partial charge in [-0.25, -0.2) is 0 Å². The first kappa shape index (κ1) is 48.1. The molecule has 4 N–H and O–H groups in total. The highest BCUT2D eigenvalue weighted by atomic mass is 16.3. The van der Waals surface area contributed by atoms with Crippen LogP contribution in [0.4, 0.5) is 0 Å². The highest BCUT2D eigenvalue weighted by Gasteiger charge is 2.22. The third-order valence-electron chi connectivity index (χ3n) is 10.4. The van der Waals surface area contributed by atoms with Gasteiger partial charge in [0.15, 0.2) is 0 Å². The fraction of sp³-hybridized carbons (Fsp3) is 0.932. The van der Waals surface area contributed by atoms with Crippen LogP contribution in [0, 0.1) is 0 Å². The van der Waals surface area contributed by atoms with Crippen LogP contribution in [0.15, 0.2) is 12.2 Å². The van der Waals surface area contributed by atoms with E-state index in [0.29, 0.717) is 6.42 Å². The second-order valence-electron chi connectivity index (χ2n) is 15.3. The molecular formula is C44H87NO4. The van der Waals surface area contributed by atoms with Gasteiger partial charge in [-0.15, -0.1) is 0 Å². The normalized spacial score (nSPS) is 13.7. The van der Waals surface area contributed by atoms with Gasteiger partial charge in [-0.2, -0.15) is 0 Å². The summed E-state index contributed by atoms with van der Waals surface area (Å²) < 4.78 is 0. The molecule has 0 bridgehead atoms. The lowest BCUT2D eigenvalue weighted by Gasteiger charge is -2.21. The first-order valence-corrected chi connectivity index (χ1v) is 22.0. The van der Waals surface area contributed by atoms with Gasteiger partial charge in [0.05, 0.1) is 18.8 Å². The molecule has 0 fully saturated rings. The number of amides is 1. The lowest BCUT2D eigenvalue weighted by molar-refractivity contribution is -0.131. The van der Waals surface area contributed by atoms with Gasteiger partial charge in [-0.3, -0.25) is 4.79 Å². The lowest BCUT2D eigenvalue weighted by Crippen LogP contribution is -2.48. The molecule has 5 heteroatoms. The number of allylic oxidation sites excluding steroid dienone is 1. The van der Waals surface area contributed by atoms with Crippen LogP contribution in [0.1, 0.15) is 239 Å². The van der Waals surface area contributed by atoms with Crippen LogP contribution in [0.3, 0.4) is 0 Å². The Labute approximate surface area is 306 Å². The summed E-state index contributed by atoms with van der Waals surface area (Å²) in [7, 11) is 0. The Kier molecular flexibility index (Phi) is 39.1. The number of carbonyl (C=O) groups is 1. The van der Waals surface area contributed by atoms with Crippen molar-refractivity contribution in [1.82, 2.24) is 5.32 Å². The Morgan fingerprint density at radius 3 is 1.12 bits per heavy atom. The predicted molar refractivity (Wildman–Crippen MR) is 213 cm³/mol. The molecule has 3 atom stereocenters. The van der Waals surface area contributed by atoms with Gasteiger partial charge in [0.25, 0.3) is 0 Å². The molecule has 0 aromatic heterocycles. The standard InChI is InChI=1S/C44H87NO4/c1-3-5-7-9-11-13-15-17-18-19-20-21-22-23-24-25-27-29-31-33-35-37-39-43(48)44(49)45-41(40-46)42(47)38-36-34-32-30-28-26-16-14-12-10-8-6-4-2/h36,38,41-43,46-48H,3-35,37,39-40H2,1-2H3,(H,45,49)/b38-36+. The van der Waals surface area contributed by atoms with E-state index in [1.807, 2.05) is 6.08 Å². The fourth-order valence-electron chi connectivity index (χ4n) is 6.89. The van der Waals surface area contributed by atoms with Crippen molar-refractivity contribution in [3.63, 3.8) is 0 Å². The summed E-state index contributed by atoms with van der Waals surface area (Å²) in [6.07, 6.45) is 46.7. The van der Waals surface area contributed by atoms with Crippen LogP contribution in [0.5, 0.6) is 0 Å². The molecule has 3 unspecified atom stereocenters. The molecule has 49 heavy (non-hydrogen) atoms. The summed E-state index contributed by atoms with van der Waals surface area (Å²) in [5, 5.41) is 33.1. The predicted octanol–water partition coefficient (Wildman–Crippen LogP) is 12.4.